The van der Waals surface area contributed by atoms with Crippen LogP contribution >= 0.6 is 0 Å². The van der Waals surface area contributed by atoms with Crippen molar-refractivity contribution in [1.82, 2.24) is 5.32 Å². The number of benzene rings is 3. The van der Waals surface area contributed by atoms with E-state index in [-0.39, 0.29) is 16.4 Å². The van der Waals surface area contributed by atoms with Crippen LogP contribution in [0.5, 0.6) is 0 Å². The summed E-state index contributed by atoms with van der Waals surface area (Å²) in [7, 11) is -3.77. The van der Waals surface area contributed by atoms with Gasteiger partial charge in [-0.2, -0.15) is 0 Å². The van der Waals surface area contributed by atoms with Gasteiger partial charge in [-0.15, -0.1) is 0 Å². The van der Waals surface area contributed by atoms with Crippen molar-refractivity contribution in [2.75, 3.05) is 4.72 Å². The van der Waals surface area contributed by atoms with Crippen LogP contribution in [0, 0.1) is 0 Å². The second kappa shape index (κ2) is 7.84. The van der Waals surface area contributed by atoms with Gasteiger partial charge in [0, 0.05) is 17.8 Å². The summed E-state index contributed by atoms with van der Waals surface area (Å²) >= 11 is 0. The number of carbonyl (C=O) groups is 1. The van der Waals surface area contributed by atoms with Crippen LogP contribution in [0.3, 0.4) is 0 Å². The molecule has 0 aliphatic carbocycles. The fourth-order valence-electron chi connectivity index (χ4n) is 2.41. The molecule has 0 atom stereocenters. The Morgan fingerprint density at radius 1 is 0.808 bits per heavy atom. The zero-order valence-corrected chi connectivity index (χ0v) is 14.7. The molecule has 3 aromatic rings. The Morgan fingerprint density at radius 2 is 1.46 bits per heavy atom. The molecule has 0 bridgehead atoms. The summed E-state index contributed by atoms with van der Waals surface area (Å²) < 4.78 is 27.5. The minimum Gasteiger partial charge on any atom is -0.348 e. The minimum absolute atomic E-state index is 0.0358. The van der Waals surface area contributed by atoms with Crippen molar-refractivity contribution in [2.24, 2.45) is 0 Å². The third-order valence-corrected chi connectivity index (χ3v) is 5.11. The van der Waals surface area contributed by atoms with E-state index in [1.54, 1.807) is 42.5 Å². The number of hydrogen-bond acceptors (Lipinski definition) is 3. The highest BCUT2D eigenvalue weighted by atomic mass is 32.2. The Hall–Kier alpha value is -3.12. The molecule has 0 saturated heterocycles. The largest absolute Gasteiger partial charge is 0.348 e. The van der Waals surface area contributed by atoms with Crippen molar-refractivity contribution in [2.45, 2.75) is 11.4 Å². The van der Waals surface area contributed by atoms with E-state index < -0.39 is 10.0 Å². The number of anilines is 1. The number of carbonyl (C=O) groups excluding carboxylic acids is 1. The van der Waals surface area contributed by atoms with Crippen LogP contribution in [0.4, 0.5) is 5.69 Å². The van der Waals surface area contributed by atoms with Crippen molar-refractivity contribution >= 4 is 21.6 Å². The van der Waals surface area contributed by atoms with Crippen LogP contribution in [0.25, 0.3) is 0 Å². The molecule has 0 unspecified atom stereocenters. The maximum absolute atomic E-state index is 12.5. The highest BCUT2D eigenvalue weighted by molar-refractivity contribution is 7.92. The topological polar surface area (TPSA) is 75.3 Å². The van der Waals surface area contributed by atoms with E-state index in [1.165, 1.54) is 12.1 Å². The molecule has 0 radical (unpaired) electrons. The standard InChI is InChI=1S/C20H18N2O3S/c23-20(21-15-16-8-3-1-4-9-16)17-10-7-13-19(14-17)26(24,25)22-18-11-5-2-6-12-18/h1-14,22H,15H2,(H,21,23). The molecule has 2 N–H and O–H groups in total. The molecule has 132 valence electrons. The predicted molar refractivity (Wildman–Crippen MR) is 101 cm³/mol. The van der Waals surface area contributed by atoms with Crippen molar-refractivity contribution in [3.05, 3.63) is 96.1 Å². The molecule has 0 fully saturated rings. The number of hydrogen-bond donors (Lipinski definition) is 2. The first kappa shape index (κ1) is 17.7. The van der Waals surface area contributed by atoms with Gasteiger partial charge in [0.25, 0.3) is 15.9 Å². The number of sulfonamides is 1. The molecule has 0 aliphatic rings. The number of para-hydroxylation sites is 1. The first-order chi connectivity index (χ1) is 12.5. The first-order valence-corrected chi connectivity index (χ1v) is 9.53. The van der Waals surface area contributed by atoms with Gasteiger partial charge >= 0.3 is 0 Å². The molecule has 3 aromatic carbocycles. The van der Waals surface area contributed by atoms with Crippen LogP contribution in [0.1, 0.15) is 15.9 Å². The lowest BCUT2D eigenvalue weighted by Gasteiger charge is -2.10. The molecule has 0 saturated carbocycles. The van der Waals surface area contributed by atoms with Gasteiger partial charge < -0.3 is 5.32 Å². The van der Waals surface area contributed by atoms with Gasteiger partial charge in [-0.3, -0.25) is 9.52 Å². The van der Waals surface area contributed by atoms with Gasteiger partial charge in [-0.25, -0.2) is 8.42 Å². The van der Waals surface area contributed by atoms with Crippen molar-refractivity contribution in [3.63, 3.8) is 0 Å². The zero-order valence-electron chi connectivity index (χ0n) is 13.9. The molecule has 3 rings (SSSR count). The highest BCUT2D eigenvalue weighted by Gasteiger charge is 2.16. The van der Waals surface area contributed by atoms with Crippen molar-refractivity contribution in [3.8, 4) is 0 Å². The SMILES string of the molecule is O=C(NCc1ccccc1)c1cccc(S(=O)(=O)Nc2ccccc2)c1. The lowest BCUT2D eigenvalue weighted by Crippen LogP contribution is -2.23. The monoisotopic (exact) mass is 366 g/mol. The van der Waals surface area contributed by atoms with Crippen LogP contribution in [0.15, 0.2) is 89.8 Å². The summed E-state index contributed by atoms with van der Waals surface area (Å²) in [5.74, 6) is -0.328. The quantitative estimate of drug-likeness (QED) is 0.702. The summed E-state index contributed by atoms with van der Waals surface area (Å²) in [6.45, 7) is 0.374. The van der Waals surface area contributed by atoms with E-state index in [2.05, 4.69) is 10.0 Å². The second-order valence-corrected chi connectivity index (χ2v) is 7.35. The Morgan fingerprint density at radius 3 is 2.15 bits per heavy atom. The third-order valence-electron chi connectivity index (χ3n) is 3.73. The van der Waals surface area contributed by atoms with Crippen LogP contribution < -0.4 is 10.0 Å². The molecular weight excluding hydrogens is 348 g/mol. The van der Waals surface area contributed by atoms with Crippen molar-refractivity contribution < 1.29 is 13.2 Å². The molecule has 0 aliphatic heterocycles. The maximum atomic E-state index is 12.5. The van der Waals surface area contributed by atoms with Gasteiger partial charge in [0.1, 0.15) is 0 Å². The normalized spacial score (nSPS) is 10.9. The second-order valence-electron chi connectivity index (χ2n) is 5.67. The van der Waals surface area contributed by atoms with E-state index in [1.807, 2.05) is 30.3 Å². The number of amides is 1. The first-order valence-electron chi connectivity index (χ1n) is 8.05. The van der Waals surface area contributed by atoms with Crippen LogP contribution in [-0.2, 0) is 16.6 Å². The molecular formula is C20H18N2O3S. The molecule has 26 heavy (non-hydrogen) atoms. The molecule has 5 nitrogen and oxygen atoms in total. The van der Waals surface area contributed by atoms with Gasteiger partial charge in [0.2, 0.25) is 0 Å². The third kappa shape index (κ3) is 4.49. The summed E-state index contributed by atoms with van der Waals surface area (Å²) in [6.07, 6.45) is 0. The average Bonchev–Trinajstić information content (AvgIpc) is 2.67. The van der Waals surface area contributed by atoms with Gasteiger partial charge in [0.05, 0.1) is 4.90 Å². The van der Waals surface area contributed by atoms with E-state index in [9.17, 15) is 13.2 Å². The summed E-state index contributed by atoms with van der Waals surface area (Å²) in [5, 5.41) is 2.79. The highest BCUT2D eigenvalue weighted by Crippen LogP contribution is 2.17. The molecule has 1 amide bonds. The Bertz CT molecular complexity index is 988. The Balaban J connectivity index is 1.74. The van der Waals surface area contributed by atoms with E-state index in [0.29, 0.717) is 12.2 Å². The van der Waals surface area contributed by atoms with Gasteiger partial charge in [-0.05, 0) is 35.9 Å². The summed E-state index contributed by atoms with van der Waals surface area (Å²) in [5.41, 5.74) is 1.72. The van der Waals surface area contributed by atoms with Crippen LogP contribution in [-0.4, -0.2) is 14.3 Å². The van der Waals surface area contributed by atoms with E-state index in [4.69, 9.17) is 0 Å². The summed E-state index contributed by atoms with van der Waals surface area (Å²) in [6, 6.07) is 24.1. The molecule has 0 aromatic heterocycles. The number of nitrogens with one attached hydrogen (secondary N) is 2. The number of rotatable bonds is 6. The molecule has 6 heteroatoms. The van der Waals surface area contributed by atoms with E-state index in [0.717, 1.165) is 5.56 Å². The molecule has 0 spiro atoms. The maximum Gasteiger partial charge on any atom is 0.261 e. The minimum atomic E-state index is -3.77. The Labute approximate surface area is 152 Å². The van der Waals surface area contributed by atoms with Gasteiger partial charge in [0.15, 0.2) is 0 Å². The predicted octanol–water partition coefficient (Wildman–Crippen LogP) is 3.42. The smallest absolute Gasteiger partial charge is 0.261 e. The fourth-order valence-corrected chi connectivity index (χ4v) is 3.51. The lowest BCUT2D eigenvalue weighted by atomic mass is 10.2. The van der Waals surface area contributed by atoms with Gasteiger partial charge in [-0.1, -0.05) is 54.6 Å². The molecule has 0 heterocycles. The van der Waals surface area contributed by atoms with Crippen LogP contribution in [0.2, 0.25) is 0 Å². The summed E-state index contributed by atoms with van der Waals surface area (Å²) in [4.78, 5) is 12.4. The fraction of sp³-hybridized carbons (Fsp3) is 0.0500. The van der Waals surface area contributed by atoms with Crippen molar-refractivity contribution in [1.29, 1.82) is 0 Å². The average molecular weight is 366 g/mol. The zero-order chi connectivity index (χ0) is 18.4. The lowest BCUT2D eigenvalue weighted by molar-refractivity contribution is 0.0950. The Kier molecular flexibility index (Phi) is 5.34. The van der Waals surface area contributed by atoms with E-state index >= 15 is 0 Å².